The predicted molar refractivity (Wildman–Crippen MR) is 164 cm³/mol. The number of phenolic OH excluding ortho intramolecular Hbond substituents is 1. The van der Waals surface area contributed by atoms with Crippen LogP contribution in [-0.2, 0) is 6.42 Å². The number of hydrogen-bond donors (Lipinski definition) is 2. The van der Waals surface area contributed by atoms with Crippen molar-refractivity contribution < 1.29 is 23.0 Å². The Morgan fingerprint density at radius 1 is 1.11 bits per heavy atom. The van der Waals surface area contributed by atoms with Gasteiger partial charge in [-0.3, -0.25) is 9.88 Å². The van der Waals surface area contributed by atoms with Crippen molar-refractivity contribution in [2.24, 2.45) is 5.73 Å². The van der Waals surface area contributed by atoms with Crippen molar-refractivity contribution in [2.45, 2.75) is 69.6 Å². The number of fused-ring (bicyclic) bond motifs is 3. The normalized spacial score (nSPS) is 24.2. The molecule has 3 aliphatic heterocycles. The number of halogens is 3. The zero-order chi connectivity index (χ0) is 30.6. The van der Waals surface area contributed by atoms with Crippen LogP contribution >= 0.6 is 0 Å². The SMILES string of the molecule is CCc1c(F)ccc2cc(O)cc(-c3ncc4c(N5CCCC(N)CC5)nc(OC[C@@]56CCCN5C[C@H](F)C6)nc4c3F)c12. The molecular weight excluding hydrogens is 569 g/mol. The molecule has 5 heterocycles. The third-order valence-electron chi connectivity index (χ3n) is 9.71. The van der Waals surface area contributed by atoms with Gasteiger partial charge in [0.1, 0.15) is 41.4 Å². The Morgan fingerprint density at radius 3 is 2.82 bits per heavy atom. The van der Waals surface area contributed by atoms with E-state index in [2.05, 4.69) is 19.8 Å². The summed E-state index contributed by atoms with van der Waals surface area (Å²) in [6.45, 7) is 4.56. The first kappa shape index (κ1) is 29.0. The molecule has 8 nitrogen and oxygen atoms in total. The van der Waals surface area contributed by atoms with Crippen LogP contribution in [0.25, 0.3) is 32.9 Å². The van der Waals surface area contributed by atoms with E-state index in [0.29, 0.717) is 60.0 Å². The molecule has 11 heteroatoms. The van der Waals surface area contributed by atoms with Gasteiger partial charge in [0.25, 0.3) is 0 Å². The van der Waals surface area contributed by atoms with Crippen molar-refractivity contribution in [3.05, 3.63) is 47.7 Å². The van der Waals surface area contributed by atoms with Gasteiger partial charge in [0, 0.05) is 43.9 Å². The standard InChI is InChI=1S/C33H37F3N6O2/c1-2-23-26(35)7-6-19-13-22(43)14-24(27(19)23)29-28(36)30-25(16-38-29)31(41-10-3-5-21(37)8-12-41)40-32(39-30)44-18-33-9-4-11-42(33)17-20(34)15-33/h6-7,13-14,16,20-21,43H,2-5,8-12,15,17-18,37H2,1H3/t20-,21?,33+/m1/s1. The smallest absolute Gasteiger partial charge is 0.319 e. The number of aromatic hydroxyl groups is 1. The number of alkyl halides is 1. The first-order valence-corrected chi connectivity index (χ1v) is 15.6. The minimum atomic E-state index is -0.908. The number of pyridine rings is 1. The molecule has 3 N–H and O–H groups in total. The predicted octanol–water partition coefficient (Wildman–Crippen LogP) is 5.66. The quantitative estimate of drug-likeness (QED) is 0.290. The highest BCUT2D eigenvalue weighted by molar-refractivity contribution is 6.01. The molecule has 0 radical (unpaired) electrons. The summed E-state index contributed by atoms with van der Waals surface area (Å²) in [5.41, 5.74) is 6.49. The lowest BCUT2D eigenvalue weighted by molar-refractivity contribution is 0.107. The van der Waals surface area contributed by atoms with Gasteiger partial charge in [-0.25, -0.2) is 13.2 Å². The molecule has 2 aromatic heterocycles. The summed E-state index contributed by atoms with van der Waals surface area (Å²) in [4.78, 5) is 18.1. The van der Waals surface area contributed by atoms with Gasteiger partial charge in [0.2, 0.25) is 0 Å². The second-order valence-corrected chi connectivity index (χ2v) is 12.5. The van der Waals surface area contributed by atoms with Crippen LogP contribution in [-0.4, -0.2) is 75.5 Å². The van der Waals surface area contributed by atoms with Crippen molar-refractivity contribution >= 4 is 27.5 Å². The van der Waals surface area contributed by atoms with E-state index in [1.165, 1.54) is 18.2 Å². The summed E-state index contributed by atoms with van der Waals surface area (Å²) in [5.74, 6) is -0.700. The number of hydrogen-bond acceptors (Lipinski definition) is 8. The third-order valence-corrected chi connectivity index (χ3v) is 9.71. The van der Waals surface area contributed by atoms with E-state index in [-0.39, 0.29) is 41.2 Å². The van der Waals surface area contributed by atoms with Crippen LogP contribution in [0.4, 0.5) is 19.0 Å². The minimum absolute atomic E-state index is 0.0155. The van der Waals surface area contributed by atoms with Gasteiger partial charge < -0.3 is 20.5 Å². The fourth-order valence-electron chi connectivity index (χ4n) is 7.53. The largest absolute Gasteiger partial charge is 0.508 e. The van der Waals surface area contributed by atoms with Crippen LogP contribution in [0, 0.1) is 11.6 Å². The van der Waals surface area contributed by atoms with Crippen molar-refractivity contribution in [1.82, 2.24) is 19.9 Å². The molecule has 0 saturated carbocycles. The average molecular weight is 607 g/mol. The third kappa shape index (κ3) is 4.99. The highest BCUT2D eigenvalue weighted by Crippen LogP contribution is 2.42. The van der Waals surface area contributed by atoms with Crippen LogP contribution in [0.5, 0.6) is 11.8 Å². The second-order valence-electron chi connectivity index (χ2n) is 12.5. The summed E-state index contributed by atoms with van der Waals surface area (Å²) in [7, 11) is 0. The lowest BCUT2D eigenvalue weighted by atomic mass is 9.94. The highest BCUT2D eigenvalue weighted by Gasteiger charge is 2.49. The van der Waals surface area contributed by atoms with Gasteiger partial charge in [-0.15, -0.1) is 0 Å². The molecule has 3 aliphatic rings. The van der Waals surface area contributed by atoms with Crippen LogP contribution in [0.1, 0.15) is 51.0 Å². The van der Waals surface area contributed by atoms with Gasteiger partial charge >= 0.3 is 6.01 Å². The van der Waals surface area contributed by atoms with Crippen molar-refractivity contribution in [2.75, 3.05) is 37.7 Å². The molecule has 3 fully saturated rings. The summed E-state index contributed by atoms with van der Waals surface area (Å²) in [6, 6.07) is 5.95. The first-order chi connectivity index (χ1) is 21.3. The Balaban J connectivity index is 1.37. The second kappa shape index (κ2) is 11.3. The molecule has 3 saturated heterocycles. The lowest BCUT2D eigenvalue weighted by Gasteiger charge is -2.31. The Morgan fingerprint density at radius 2 is 1.98 bits per heavy atom. The maximum absolute atomic E-state index is 16.7. The number of rotatable bonds is 6. The van der Waals surface area contributed by atoms with Crippen molar-refractivity contribution in [1.29, 1.82) is 0 Å². The fraction of sp³-hybridized carbons (Fsp3) is 0.485. The average Bonchev–Trinajstić information content (AvgIpc) is 3.44. The zero-order valence-corrected chi connectivity index (χ0v) is 24.8. The number of nitrogens with two attached hydrogens (primary N) is 1. The number of nitrogens with zero attached hydrogens (tertiary/aromatic N) is 5. The van der Waals surface area contributed by atoms with Gasteiger partial charge in [-0.05, 0) is 79.6 Å². The summed E-state index contributed by atoms with van der Waals surface area (Å²) >= 11 is 0. The number of aryl methyl sites for hydroxylation is 1. The van der Waals surface area contributed by atoms with Gasteiger partial charge in [0.05, 0.1) is 10.9 Å². The van der Waals surface area contributed by atoms with E-state index >= 15 is 4.39 Å². The lowest BCUT2D eigenvalue weighted by Crippen LogP contribution is -2.43. The van der Waals surface area contributed by atoms with Crippen LogP contribution in [0.3, 0.4) is 0 Å². The molecule has 44 heavy (non-hydrogen) atoms. The summed E-state index contributed by atoms with van der Waals surface area (Å²) in [5, 5.41) is 12.0. The Bertz CT molecular complexity index is 1740. The number of ether oxygens (including phenoxy) is 1. The van der Waals surface area contributed by atoms with Gasteiger partial charge in [-0.1, -0.05) is 13.0 Å². The molecule has 0 bridgehead atoms. The molecule has 4 aromatic rings. The minimum Gasteiger partial charge on any atom is -0.508 e. The zero-order valence-electron chi connectivity index (χ0n) is 24.8. The molecular formula is C33H37F3N6O2. The molecule has 1 unspecified atom stereocenters. The van der Waals surface area contributed by atoms with Gasteiger partial charge in [-0.2, -0.15) is 9.97 Å². The molecule has 0 amide bonds. The molecule has 2 aromatic carbocycles. The van der Waals surface area contributed by atoms with E-state index in [0.717, 1.165) is 38.6 Å². The Kier molecular flexibility index (Phi) is 7.48. The van der Waals surface area contributed by atoms with Crippen molar-refractivity contribution in [3.63, 3.8) is 0 Å². The highest BCUT2D eigenvalue weighted by atomic mass is 19.1. The van der Waals surface area contributed by atoms with E-state index in [1.54, 1.807) is 12.3 Å². The Labute approximate surface area is 254 Å². The molecule has 232 valence electrons. The molecule has 7 rings (SSSR count). The number of aromatic nitrogens is 3. The van der Waals surface area contributed by atoms with E-state index < -0.39 is 23.3 Å². The fourth-order valence-corrected chi connectivity index (χ4v) is 7.53. The van der Waals surface area contributed by atoms with Crippen molar-refractivity contribution in [3.8, 4) is 23.0 Å². The molecule has 3 atom stereocenters. The molecule has 0 aliphatic carbocycles. The number of benzene rings is 2. The maximum atomic E-state index is 16.7. The van der Waals surface area contributed by atoms with Crippen LogP contribution in [0.2, 0.25) is 0 Å². The van der Waals surface area contributed by atoms with Crippen LogP contribution in [0.15, 0.2) is 30.5 Å². The Hall–Kier alpha value is -3.70. The topological polar surface area (TPSA) is 101 Å². The first-order valence-electron chi connectivity index (χ1n) is 15.6. The summed E-state index contributed by atoms with van der Waals surface area (Å²) in [6.07, 6.45) is 5.67. The number of phenols is 1. The van der Waals surface area contributed by atoms with Crippen LogP contribution < -0.4 is 15.4 Å². The number of anilines is 1. The van der Waals surface area contributed by atoms with E-state index in [1.807, 2.05) is 6.92 Å². The van der Waals surface area contributed by atoms with E-state index in [4.69, 9.17) is 15.5 Å². The maximum Gasteiger partial charge on any atom is 0.319 e. The monoisotopic (exact) mass is 606 g/mol. The van der Waals surface area contributed by atoms with Gasteiger partial charge in [0.15, 0.2) is 5.82 Å². The summed E-state index contributed by atoms with van der Waals surface area (Å²) < 4.78 is 52.3. The van der Waals surface area contributed by atoms with E-state index in [9.17, 15) is 13.9 Å². The molecule has 0 spiro atoms.